The zero-order valence-electron chi connectivity index (χ0n) is 8.31. The maximum atomic E-state index is 7.44. The van der Waals surface area contributed by atoms with Crippen LogP contribution in [0.2, 0.25) is 0 Å². The quantitative estimate of drug-likeness (QED) is 0.557. The maximum absolute atomic E-state index is 7.44. The fourth-order valence-electron chi connectivity index (χ4n) is 1.53. The van der Waals surface area contributed by atoms with Crippen molar-refractivity contribution in [2.24, 2.45) is 5.73 Å². The highest BCUT2D eigenvalue weighted by molar-refractivity contribution is 7.99. The fraction of sp³-hybridized carbons (Fsp3) is 0.444. The first-order chi connectivity index (χ1) is 7.29. The monoisotopic (exact) mass is 223 g/mol. The van der Waals surface area contributed by atoms with E-state index in [0.29, 0.717) is 5.69 Å². The summed E-state index contributed by atoms with van der Waals surface area (Å²) in [5.41, 5.74) is 5.96. The summed E-state index contributed by atoms with van der Waals surface area (Å²) < 4.78 is 0. The predicted octanol–water partition coefficient (Wildman–Crippen LogP) is 0.314. The Hall–Kier alpha value is -1.30. The van der Waals surface area contributed by atoms with Crippen molar-refractivity contribution in [3.63, 3.8) is 0 Å². The average Bonchev–Trinajstić information content (AvgIpc) is 2.30. The molecule has 0 aromatic carbocycles. The van der Waals surface area contributed by atoms with E-state index in [2.05, 4.69) is 14.9 Å². The molecule has 1 aromatic heterocycles. The number of amidine groups is 1. The van der Waals surface area contributed by atoms with Gasteiger partial charge in [0.15, 0.2) is 5.82 Å². The topological polar surface area (TPSA) is 78.9 Å². The van der Waals surface area contributed by atoms with Crippen molar-refractivity contribution in [1.29, 1.82) is 5.41 Å². The molecule has 1 fully saturated rings. The van der Waals surface area contributed by atoms with Crippen LogP contribution in [0.4, 0.5) is 5.82 Å². The normalized spacial score (nSPS) is 16.4. The van der Waals surface area contributed by atoms with Crippen LogP contribution < -0.4 is 10.6 Å². The Morgan fingerprint density at radius 2 is 2.00 bits per heavy atom. The lowest BCUT2D eigenvalue weighted by atomic mass is 10.3. The third-order valence-corrected chi connectivity index (χ3v) is 3.19. The van der Waals surface area contributed by atoms with Crippen LogP contribution in [0.5, 0.6) is 0 Å². The summed E-state index contributed by atoms with van der Waals surface area (Å²) >= 11 is 1.93. The lowest BCUT2D eigenvalue weighted by molar-refractivity contribution is 0.831. The molecule has 3 N–H and O–H groups in total. The van der Waals surface area contributed by atoms with Gasteiger partial charge in [0.1, 0.15) is 11.5 Å². The van der Waals surface area contributed by atoms with Crippen LogP contribution in [-0.4, -0.2) is 40.4 Å². The summed E-state index contributed by atoms with van der Waals surface area (Å²) in [7, 11) is 0. The van der Waals surface area contributed by atoms with Crippen LogP contribution in [0.25, 0.3) is 0 Å². The molecule has 0 saturated carbocycles. The van der Waals surface area contributed by atoms with E-state index in [9.17, 15) is 0 Å². The molecule has 0 atom stereocenters. The number of hydrogen-bond donors (Lipinski definition) is 2. The van der Waals surface area contributed by atoms with Gasteiger partial charge in [-0.2, -0.15) is 11.8 Å². The van der Waals surface area contributed by atoms with E-state index >= 15 is 0 Å². The summed E-state index contributed by atoms with van der Waals surface area (Å²) in [5.74, 6) is 2.91. The Labute approximate surface area is 92.6 Å². The third-order valence-electron chi connectivity index (χ3n) is 2.24. The molecule has 80 valence electrons. The number of nitrogens with one attached hydrogen (secondary N) is 1. The summed E-state index contributed by atoms with van der Waals surface area (Å²) in [5, 5.41) is 7.44. The minimum absolute atomic E-state index is 0.0173. The van der Waals surface area contributed by atoms with E-state index in [0.717, 1.165) is 30.4 Å². The van der Waals surface area contributed by atoms with Gasteiger partial charge < -0.3 is 10.6 Å². The van der Waals surface area contributed by atoms with Gasteiger partial charge in [0.05, 0.1) is 0 Å². The van der Waals surface area contributed by atoms with Crippen molar-refractivity contribution in [2.45, 2.75) is 0 Å². The highest BCUT2D eigenvalue weighted by Crippen LogP contribution is 2.19. The Morgan fingerprint density at radius 3 is 2.67 bits per heavy atom. The molecular weight excluding hydrogens is 210 g/mol. The molecule has 1 aliphatic rings. The average molecular weight is 223 g/mol. The zero-order valence-corrected chi connectivity index (χ0v) is 9.13. The molecule has 0 radical (unpaired) electrons. The Kier molecular flexibility index (Phi) is 3.05. The standard InChI is InChI=1S/C9H13N5S/c10-8(11)7-9(13-2-1-12-7)14-3-5-15-6-4-14/h1-2H,3-6H2,(H3,10,11). The molecule has 1 aromatic rings. The van der Waals surface area contributed by atoms with Gasteiger partial charge in [0.25, 0.3) is 0 Å². The summed E-state index contributed by atoms with van der Waals surface area (Å²) in [6.45, 7) is 1.90. The molecule has 2 rings (SSSR count). The van der Waals surface area contributed by atoms with Crippen LogP contribution in [0.1, 0.15) is 5.69 Å². The molecular formula is C9H13N5S. The number of nitrogen functional groups attached to an aromatic ring is 1. The van der Waals surface area contributed by atoms with Gasteiger partial charge in [0.2, 0.25) is 0 Å². The molecule has 2 heterocycles. The first-order valence-corrected chi connectivity index (χ1v) is 5.92. The summed E-state index contributed by atoms with van der Waals surface area (Å²) in [6.07, 6.45) is 3.21. The minimum Gasteiger partial charge on any atom is -0.382 e. The molecule has 1 aliphatic heterocycles. The second-order valence-electron chi connectivity index (χ2n) is 3.24. The molecule has 0 bridgehead atoms. The maximum Gasteiger partial charge on any atom is 0.158 e. The largest absolute Gasteiger partial charge is 0.382 e. The first kappa shape index (κ1) is 10.2. The van der Waals surface area contributed by atoms with Crippen molar-refractivity contribution in [1.82, 2.24) is 9.97 Å². The Balaban J connectivity index is 2.29. The van der Waals surface area contributed by atoms with Crippen molar-refractivity contribution in [3.05, 3.63) is 18.1 Å². The second-order valence-corrected chi connectivity index (χ2v) is 4.47. The van der Waals surface area contributed by atoms with Gasteiger partial charge in [-0.05, 0) is 0 Å². The number of thioether (sulfide) groups is 1. The second kappa shape index (κ2) is 4.48. The van der Waals surface area contributed by atoms with Crippen LogP contribution in [0.15, 0.2) is 12.4 Å². The SMILES string of the molecule is N=C(N)c1nccnc1N1CCSCC1. The van der Waals surface area contributed by atoms with Crippen molar-refractivity contribution < 1.29 is 0 Å². The van der Waals surface area contributed by atoms with Crippen LogP contribution in [-0.2, 0) is 0 Å². The molecule has 6 heteroatoms. The summed E-state index contributed by atoms with van der Waals surface area (Å²) in [4.78, 5) is 10.5. The van der Waals surface area contributed by atoms with Crippen molar-refractivity contribution >= 4 is 23.4 Å². The molecule has 0 amide bonds. The van der Waals surface area contributed by atoms with Gasteiger partial charge >= 0.3 is 0 Å². The van der Waals surface area contributed by atoms with E-state index in [1.807, 2.05) is 11.8 Å². The predicted molar refractivity (Wildman–Crippen MR) is 62.6 cm³/mol. The molecule has 0 aliphatic carbocycles. The highest BCUT2D eigenvalue weighted by atomic mass is 32.2. The van der Waals surface area contributed by atoms with Gasteiger partial charge in [-0.15, -0.1) is 0 Å². The number of nitrogens with two attached hydrogens (primary N) is 1. The van der Waals surface area contributed by atoms with E-state index in [1.165, 1.54) is 0 Å². The Morgan fingerprint density at radius 1 is 1.33 bits per heavy atom. The fourth-order valence-corrected chi connectivity index (χ4v) is 2.43. The molecule has 0 unspecified atom stereocenters. The van der Waals surface area contributed by atoms with Crippen LogP contribution >= 0.6 is 11.8 Å². The number of hydrogen-bond acceptors (Lipinski definition) is 5. The highest BCUT2D eigenvalue weighted by Gasteiger charge is 2.17. The number of aromatic nitrogens is 2. The lowest BCUT2D eigenvalue weighted by Gasteiger charge is -2.28. The smallest absolute Gasteiger partial charge is 0.158 e. The Bertz CT molecular complexity index is 361. The molecule has 1 saturated heterocycles. The van der Waals surface area contributed by atoms with Gasteiger partial charge in [-0.3, -0.25) is 5.41 Å². The minimum atomic E-state index is -0.0173. The van der Waals surface area contributed by atoms with E-state index in [1.54, 1.807) is 12.4 Å². The lowest BCUT2D eigenvalue weighted by Crippen LogP contribution is -2.35. The molecule has 5 nitrogen and oxygen atoms in total. The van der Waals surface area contributed by atoms with E-state index in [-0.39, 0.29) is 5.84 Å². The number of rotatable bonds is 2. The number of nitrogens with zero attached hydrogens (tertiary/aromatic N) is 3. The van der Waals surface area contributed by atoms with Crippen LogP contribution in [0, 0.1) is 5.41 Å². The number of anilines is 1. The summed E-state index contributed by atoms with van der Waals surface area (Å²) in [6, 6.07) is 0. The van der Waals surface area contributed by atoms with E-state index < -0.39 is 0 Å². The van der Waals surface area contributed by atoms with Crippen LogP contribution in [0.3, 0.4) is 0 Å². The first-order valence-electron chi connectivity index (χ1n) is 4.77. The van der Waals surface area contributed by atoms with Gasteiger partial charge in [-0.1, -0.05) is 0 Å². The van der Waals surface area contributed by atoms with E-state index in [4.69, 9.17) is 11.1 Å². The molecule has 15 heavy (non-hydrogen) atoms. The van der Waals surface area contributed by atoms with Gasteiger partial charge in [0, 0.05) is 37.0 Å². The third kappa shape index (κ3) is 2.20. The zero-order chi connectivity index (χ0) is 10.7. The van der Waals surface area contributed by atoms with Crippen molar-refractivity contribution in [2.75, 3.05) is 29.5 Å². The van der Waals surface area contributed by atoms with Crippen molar-refractivity contribution in [3.8, 4) is 0 Å². The molecule has 0 spiro atoms. The van der Waals surface area contributed by atoms with Gasteiger partial charge in [-0.25, -0.2) is 9.97 Å².